The predicted molar refractivity (Wildman–Crippen MR) is 53.4 cm³/mol. The molecule has 0 aromatic carbocycles. The highest BCUT2D eigenvalue weighted by molar-refractivity contribution is 5.69. The predicted octanol–water partition coefficient (Wildman–Crippen LogP) is 0.947. The number of unbranched alkanes of at least 4 members (excludes halogenated alkanes) is 3. The summed E-state index contributed by atoms with van der Waals surface area (Å²) in [5, 5.41) is 16.7. The molecule has 0 bridgehead atoms. The maximum absolute atomic E-state index is 10.9. The standard InChI is InChI=1S/C10H18O5/c11-7-8-15-10(14)6-4-2-1-3-5-9(12)13/h11H,1-8H2,(H,12,13). The van der Waals surface area contributed by atoms with E-state index in [9.17, 15) is 9.59 Å². The normalized spacial score (nSPS) is 9.93. The Balaban J connectivity index is 3.16. The number of aliphatic carboxylic acids is 1. The van der Waals surface area contributed by atoms with Crippen LogP contribution in [-0.2, 0) is 14.3 Å². The van der Waals surface area contributed by atoms with Gasteiger partial charge in [0.2, 0.25) is 0 Å². The first kappa shape index (κ1) is 13.9. The van der Waals surface area contributed by atoms with E-state index in [1.165, 1.54) is 0 Å². The molecule has 0 amide bonds. The molecule has 0 saturated heterocycles. The topological polar surface area (TPSA) is 83.8 Å². The van der Waals surface area contributed by atoms with Crippen molar-refractivity contribution in [2.75, 3.05) is 13.2 Å². The van der Waals surface area contributed by atoms with Crippen molar-refractivity contribution in [3.8, 4) is 0 Å². The number of hydrogen-bond acceptors (Lipinski definition) is 4. The summed E-state index contributed by atoms with van der Waals surface area (Å²) in [6, 6.07) is 0. The van der Waals surface area contributed by atoms with Gasteiger partial charge in [-0.3, -0.25) is 9.59 Å². The fraction of sp³-hybridized carbons (Fsp3) is 0.800. The van der Waals surface area contributed by atoms with E-state index in [0.29, 0.717) is 19.3 Å². The number of carboxylic acid groups (broad SMARTS) is 1. The van der Waals surface area contributed by atoms with Crippen LogP contribution in [0.4, 0.5) is 0 Å². The molecule has 0 aromatic heterocycles. The monoisotopic (exact) mass is 218 g/mol. The van der Waals surface area contributed by atoms with Crippen LogP contribution >= 0.6 is 0 Å². The van der Waals surface area contributed by atoms with Crippen LogP contribution in [-0.4, -0.2) is 35.4 Å². The van der Waals surface area contributed by atoms with Gasteiger partial charge < -0.3 is 14.9 Å². The van der Waals surface area contributed by atoms with Crippen molar-refractivity contribution in [2.45, 2.75) is 38.5 Å². The Morgan fingerprint density at radius 3 is 2.13 bits per heavy atom. The summed E-state index contributed by atoms with van der Waals surface area (Å²) in [6.07, 6.45) is 3.55. The number of aliphatic hydroxyl groups is 1. The van der Waals surface area contributed by atoms with Gasteiger partial charge in [0.25, 0.3) is 0 Å². The summed E-state index contributed by atoms with van der Waals surface area (Å²) >= 11 is 0. The third kappa shape index (κ3) is 10.8. The van der Waals surface area contributed by atoms with Crippen LogP contribution in [0.3, 0.4) is 0 Å². The van der Waals surface area contributed by atoms with Gasteiger partial charge in [-0.1, -0.05) is 12.8 Å². The lowest BCUT2D eigenvalue weighted by molar-refractivity contribution is -0.144. The Labute approximate surface area is 89.0 Å². The van der Waals surface area contributed by atoms with Crippen LogP contribution in [0.2, 0.25) is 0 Å². The molecule has 0 aliphatic rings. The molecule has 0 saturated carbocycles. The molecule has 0 aliphatic heterocycles. The SMILES string of the molecule is O=C(O)CCCCCCC(=O)OCCO. The molecule has 0 aromatic rings. The van der Waals surface area contributed by atoms with Crippen LogP contribution in [0.25, 0.3) is 0 Å². The van der Waals surface area contributed by atoms with Crippen LogP contribution in [0, 0.1) is 0 Å². The number of aliphatic hydroxyl groups excluding tert-OH is 1. The molecule has 0 rings (SSSR count). The summed E-state index contributed by atoms with van der Waals surface area (Å²) in [4.78, 5) is 21.1. The van der Waals surface area contributed by atoms with Crippen molar-refractivity contribution in [2.24, 2.45) is 0 Å². The Morgan fingerprint density at radius 1 is 1.00 bits per heavy atom. The van der Waals surface area contributed by atoms with Gasteiger partial charge in [-0.25, -0.2) is 0 Å². The van der Waals surface area contributed by atoms with Gasteiger partial charge in [0.1, 0.15) is 6.61 Å². The van der Waals surface area contributed by atoms with E-state index in [2.05, 4.69) is 4.74 Å². The molecule has 0 unspecified atom stereocenters. The fourth-order valence-electron chi connectivity index (χ4n) is 1.13. The molecule has 2 N–H and O–H groups in total. The Kier molecular flexibility index (Phi) is 8.76. The third-order valence-corrected chi connectivity index (χ3v) is 1.88. The van der Waals surface area contributed by atoms with E-state index in [4.69, 9.17) is 10.2 Å². The lowest BCUT2D eigenvalue weighted by Crippen LogP contribution is -2.07. The Bertz CT molecular complexity index is 190. The number of ether oxygens (including phenoxy) is 1. The van der Waals surface area contributed by atoms with Crippen LogP contribution in [0.1, 0.15) is 38.5 Å². The van der Waals surface area contributed by atoms with E-state index in [1.807, 2.05) is 0 Å². The number of carbonyl (C=O) groups excluding carboxylic acids is 1. The van der Waals surface area contributed by atoms with Gasteiger partial charge in [-0.05, 0) is 12.8 Å². The molecule has 0 heterocycles. The number of carboxylic acids is 1. The summed E-state index contributed by atoms with van der Waals surface area (Å²) in [5.74, 6) is -1.08. The summed E-state index contributed by atoms with van der Waals surface area (Å²) in [6.45, 7) is -0.0950. The first-order chi connectivity index (χ1) is 7.16. The second-order valence-electron chi connectivity index (χ2n) is 3.25. The van der Waals surface area contributed by atoms with Gasteiger partial charge in [0.15, 0.2) is 0 Å². The molecule has 0 atom stereocenters. The Morgan fingerprint density at radius 2 is 1.60 bits per heavy atom. The van der Waals surface area contributed by atoms with Crippen molar-refractivity contribution >= 4 is 11.9 Å². The zero-order chi connectivity index (χ0) is 11.5. The first-order valence-electron chi connectivity index (χ1n) is 5.15. The maximum atomic E-state index is 10.9. The summed E-state index contributed by atoms with van der Waals surface area (Å²) in [7, 11) is 0. The molecule has 5 heteroatoms. The van der Waals surface area contributed by atoms with Gasteiger partial charge in [0.05, 0.1) is 6.61 Å². The van der Waals surface area contributed by atoms with Crippen molar-refractivity contribution < 1.29 is 24.5 Å². The first-order valence-corrected chi connectivity index (χ1v) is 5.15. The van der Waals surface area contributed by atoms with Crippen LogP contribution < -0.4 is 0 Å². The second kappa shape index (κ2) is 9.45. The van der Waals surface area contributed by atoms with Gasteiger partial charge in [-0.15, -0.1) is 0 Å². The van der Waals surface area contributed by atoms with E-state index in [1.54, 1.807) is 0 Å². The molecule has 0 spiro atoms. The average Bonchev–Trinajstić information content (AvgIpc) is 2.19. The number of rotatable bonds is 9. The molecule has 0 radical (unpaired) electrons. The molecule has 5 nitrogen and oxygen atoms in total. The highest BCUT2D eigenvalue weighted by Gasteiger charge is 2.02. The van der Waals surface area contributed by atoms with Crippen molar-refractivity contribution in [3.05, 3.63) is 0 Å². The maximum Gasteiger partial charge on any atom is 0.305 e. The average molecular weight is 218 g/mol. The Hall–Kier alpha value is -1.10. The smallest absolute Gasteiger partial charge is 0.305 e. The van der Waals surface area contributed by atoms with E-state index < -0.39 is 5.97 Å². The number of hydrogen-bond donors (Lipinski definition) is 2. The second-order valence-corrected chi connectivity index (χ2v) is 3.25. The van der Waals surface area contributed by atoms with Crippen molar-refractivity contribution in [1.82, 2.24) is 0 Å². The minimum Gasteiger partial charge on any atom is -0.481 e. The highest BCUT2D eigenvalue weighted by Crippen LogP contribution is 2.05. The molecule has 88 valence electrons. The lowest BCUT2D eigenvalue weighted by atomic mass is 10.1. The zero-order valence-electron chi connectivity index (χ0n) is 8.78. The van der Waals surface area contributed by atoms with Gasteiger partial charge in [-0.2, -0.15) is 0 Å². The van der Waals surface area contributed by atoms with E-state index in [-0.39, 0.29) is 25.6 Å². The molecule has 0 fully saturated rings. The molecular weight excluding hydrogens is 200 g/mol. The van der Waals surface area contributed by atoms with Crippen LogP contribution in [0.15, 0.2) is 0 Å². The minimum absolute atomic E-state index is 0.0534. The third-order valence-electron chi connectivity index (χ3n) is 1.88. The minimum atomic E-state index is -0.780. The van der Waals surface area contributed by atoms with Crippen LogP contribution in [0.5, 0.6) is 0 Å². The van der Waals surface area contributed by atoms with Crippen molar-refractivity contribution in [3.63, 3.8) is 0 Å². The van der Waals surface area contributed by atoms with Gasteiger partial charge in [0, 0.05) is 12.8 Å². The van der Waals surface area contributed by atoms with Gasteiger partial charge >= 0.3 is 11.9 Å². The van der Waals surface area contributed by atoms with E-state index >= 15 is 0 Å². The summed E-state index contributed by atoms with van der Waals surface area (Å²) in [5.41, 5.74) is 0. The highest BCUT2D eigenvalue weighted by atomic mass is 16.5. The lowest BCUT2D eigenvalue weighted by Gasteiger charge is -2.02. The quantitative estimate of drug-likeness (QED) is 0.444. The van der Waals surface area contributed by atoms with E-state index in [0.717, 1.165) is 12.8 Å². The molecule has 15 heavy (non-hydrogen) atoms. The summed E-state index contributed by atoms with van der Waals surface area (Å²) < 4.78 is 4.65. The molecule has 0 aliphatic carbocycles. The fourth-order valence-corrected chi connectivity index (χ4v) is 1.13. The largest absolute Gasteiger partial charge is 0.481 e. The number of esters is 1. The molecular formula is C10H18O5. The zero-order valence-corrected chi connectivity index (χ0v) is 8.78. The number of carbonyl (C=O) groups is 2. The van der Waals surface area contributed by atoms with Crippen molar-refractivity contribution in [1.29, 1.82) is 0 Å².